The van der Waals surface area contributed by atoms with Crippen molar-refractivity contribution in [3.05, 3.63) is 29.8 Å². The van der Waals surface area contributed by atoms with Gasteiger partial charge in [-0.05, 0) is 31.0 Å². The predicted molar refractivity (Wildman–Crippen MR) is 81.2 cm³/mol. The van der Waals surface area contributed by atoms with Crippen molar-refractivity contribution in [2.75, 3.05) is 25.1 Å². The Labute approximate surface area is 125 Å². The molecule has 1 aromatic carbocycles. The van der Waals surface area contributed by atoms with Gasteiger partial charge < -0.3 is 5.32 Å². The second kappa shape index (κ2) is 6.43. The molecule has 0 aliphatic carbocycles. The Morgan fingerprint density at radius 1 is 1.29 bits per heavy atom. The van der Waals surface area contributed by atoms with Crippen LogP contribution in [-0.4, -0.2) is 41.9 Å². The molecule has 1 heterocycles. The maximum atomic E-state index is 12.4. The van der Waals surface area contributed by atoms with E-state index in [9.17, 15) is 16.8 Å². The fourth-order valence-electron chi connectivity index (χ4n) is 2.44. The highest BCUT2D eigenvalue weighted by Crippen LogP contribution is 2.19. The number of sulfonamides is 1. The summed E-state index contributed by atoms with van der Waals surface area (Å²) < 4.78 is 50.0. The molecule has 1 fully saturated rings. The first-order valence-corrected chi connectivity index (χ1v) is 10.1. The zero-order valence-electron chi connectivity index (χ0n) is 11.9. The third-order valence-corrected chi connectivity index (χ3v) is 6.88. The highest BCUT2D eigenvalue weighted by molar-refractivity contribution is 7.91. The molecule has 0 amide bonds. The smallest absolute Gasteiger partial charge is 0.240 e. The predicted octanol–water partition coefficient (Wildman–Crippen LogP) is 0.119. The molecule has 0 bridgehead atoms. The van der Waals surface area contributed by atoms with E-state index < -0.39 is 19.9 Å². The van der Waals surface area contributed by atoms with E-state index in [4.69, 9.17) is 0 Å². The lowest BCUT2D eigenvalue weighted by Crippen LogP contribution is -2.31. The molecule has 1 aliphatic rings. The largest absolute Gasteiger partial charge is 0.316 e. The molecule has 1 aromatic rings. The van der Waals surface area contributed by atoms with Crippen molar-refractivity contribution in [1.29, 1.82) is 0 Å². The summed E-state index contributed by atoms with van der Waals surface area (Å²) >= 11 is 0. The minimum absolute atomic E-state index is 0.0632. The van der Waals surface area contributed by atoms with Crippen molar-refractivity contribution in [3.63, 3.8) is 0 Å². The van der Waals surface area contributed by atoms with Crippen LogP contribution < -0.4 is 10.0 Å². The van der Waals surface area contributed by atoms with Gasteiger partial charge >= 0.3 is 0 Å². The van der Waals surface area contributed by atoms with Gasteiger partial charge in [0.15, 0.2) is 9.84 Å². The number of hydrogen-bond donors (Lipinski definition) is 2. The van der Waals surface area contributed by atoms with Gasteiger partial charge in [0.2, 0.25) is 10.0 Å². The van der Waals surface area contributed by atoms with E-state index in [1.807, 2.05) is 0 Å². The summed E-state index contributed by atoms with van der Waals surface area (Å²) in [5, 5.41) is 2.93. The molecule has 2 N–H and O–H groups in total. The van der Waals surface area contributed by atoms with E-state index in [0.717, 1.165) is 0 Å². The van der Waals surface area contributed by atoms with Crippen molar-refractivity contribution in [1.82, 2.24) is 10.0 Å². The molecule has 1 aliphatic heterocycles. The lowest BCUT2D eigenvalue weighted by molar-refractivity contribution is 0.542. The summed E-state index contributed by atoms with van der Waals surface area (Å²) in [7, 11) is -4.86. The van der Waals surface area contributed by atoms with Gasteiger partial charge in [0, 0.05) is 13.1 Å². The lowest BCUT2D eigenvalue weighted by Gasteiger charge is -2.13. The van der Waals surface area contributed by atoms with Crippen LogP contribution in [0.3, 0.4) is 0 Å². The molecular weight excluding hydrogens is 312 g/mol. The average Bonchev–Trinajstić information content (AvgIpc) is 2.77. The molecule has 1 atom stereocenters. The molecule has 2 rings (SSSR count). The molecule has 0 aromatic heterocycles. The van der Waals surface area contributed by atoms with E-state index >= 15 is 0 Å². The zero-order valence-corrected chi connectivity index (χ0v) is 13.5. The van der Waals surface area contributed by atoms with Crippen molar-refractivity contribution < 1.29 is 16.8 Å². The van der Waals surface area contributed by atoms with Crippen LogP contribution >= 0.6 is 0 Å². The first kappa shape index (κ1) is 16.4. The number of hydrogen-bond acceptors (Lipinski definition) is 5. The molecule has 0 saturated carbocycles. The first-order chi connectivity index (χ1) is 9.84. The fraction of sp³-hybridized carbons (Fsp3) is 0.538. The molecule has 21 heavy (non-hydrogen) atoms. The molecule has 1 unspecified atom stereocenters. The van der Waals surface area contributed by atoms with Gasteiger partial charge in [0.05, 0.1) is 16.4 Å². The Bertz CT molecular complexity index is 699. The molecule has 6 nitrogen and oxygen atoms in total. The number of sulfone groups is 1. The maximum absolute atomic E-state index is 12.4. The van der Waals surface area contributed by atoms with Gasteiger partial charge in [-0.1, -0.05) is 18.2 Å². The number of benzene rings is 1. The highest BCUT2D eigenvalue weighted by Gasteiger charge is 2.29. The Morgan fingerprint density at radius 3 is 2.62 bits per heavy atom. The van der Waals surface area contributed by atoms with Crippen LogP contribution in [0.15, 0.2) is 29.2 Å². The van der Waals surface area contributed by atoms with Gasteiger partial charge in [-0.3, -0.25) is 0 Å². The fourth-order valence-corrected chi connectivity index (χ4v) is 5.66. The monoisotopic (exact) mass is 332 g/mol. The second-order valence-corrected chi connectivity index (χ2v) is 9.22. The summed E-state index contributed by atoms with van der Waals surface area (Å²) in [5.41, 5.74) is 0.687. The topological polar surface area (TPSA) is 92.3 Å². The minimum atomic E-state index is -3.62. The third-order valence-electron chi connectivity index (χ3n) is 3.52. The minimum Gasteiger partial charge on any atom is -0.316 e. The number of rotatable bonds is 6. The summed E-state index contributed by atoms with van der Waals surface area (Å²) in [6, 6.07) is 6.77. The van der Waals surface area contributed by atoms with Crippen LogP contribution in [0.5, 0.6) is 0 Å². The second-order valence-electron chi connectivity index (χ2n) is 5.26. The molecule has 0 spiro atoms. The Balaban J connectivity index is 2.09. The summed E-state index contributed by atoms with van der Waals surface area (Å²) in [6.45, 7) is 0.615. The van der Waals surface area contributed by atoms with Crippen LogP contribution in [0, 0.1) is 5.92 Å². The van der Waals surface area contributed by atoms with E-state index in [1.165, 1.54) is 0 Å². The molecular formula is C13H20N2O4S2. The molecule has 0 radical (unpaired) electrons. The SMILES string of the molecule is CNCc1ccccc1S(=O)(=O)NCC1CCS(=O)(=O)C1. The average molecular weight is 332 g/mol. The van der Waals surface area contributed by atoms with Gasteiger partial charge in [0.25, 0.3) is 0 Å². The quantitative estimate of drug-likeness (QED) is 0.772. The van der Waals surface area contributed by atoms with E-state index in [-0.39, 0.29) is 28.9 Å². The van der Waals surface area contributed by atoms with E-state index in [1.54, 1.807) is 31.3 Å². The Morgan fingerprint density at radius 2 is 2.00 bits per heavy atom. The summed E-state index contributed by atoms with van der Waals surface area (Å²) in [6.07, 6.45) is 0.517. The standard InChI is InChI=1S/C13H20N2O4S2/c1-14-9-12-4-2-3-5-13(12)21(18,19)15-8-11-6-7-20(16,17)10-11/h2-5,11,14-15H,6-10H2,1H3. The Kier molecular flexibility index (Phi) is 5.03. The van der Waals surface area contributed by atoms with Crippen LogP contribution in [0.1, 0.15) is 12.0 Å². The van der Waals surface area contributed by atoms with Crippen molar-refractivity contribution in [2.45, 2.75) is 17.9 Å². The van der Waals surface area contributed by atoms with E-state index in [0.29, 0.717) is 18.5 Å². The van der Waals surface area contributed by atoms with Gasteiger partial charge in [-0.2, -0.15) is 0 Å². The van der Waals surface area contributed by atoms with Crippen molar-refractivity contribution in [2.24, 2.45) is 5.92 Å². The van der Waals surface area contributed by atoms with E-state index in [2.05, 4.69) is 10.0 Å². The maximum Gasteiger partial charge on any atom is 0.240 e. The first-order valence-electron chi connectivity index (χ1n) is 6.77. The van der Waals surface area contributed by atoms with Crippen molar-refractivity contribution in [3.8, 4) is 0 Å². The lowest BCUT2D eigenvalue weighted by atomic mass is 10.1. The summed E-state index contributed by atoms with van der Waals surface area (Å²) in [5.74, 6) is 0.0740. The van der Waals surface area contributed by atoms with Crippen LogP contribution in [0.25, 0.3) is 0 Å². The van der Waals surface area contributed by atoms with Gasteiger partial charge in [-0.25, -0.2) is 21.6 Å². The molecule has 118 valence electrons. The van der Waals surface area contributed by atoms with Gasteiger partial charge in [0.1, 0.15) is 0 Å². The summed E-state index contributed by atoms with van der Waals surface area (Å²) in [4.78, 5) is 0.236. The van der Waals surface area contributed by atoms with Crippen LogP contribution in [0.4, 0.5) is 0 Å². The number of nitrogens with one attached hydrogen (secondary N) is 2. The molecule has 8 heteroatoms. The van der Waals surface area contributed by atoms with Crippen LogP contribution in [0.2, 0.25) is 0 Å². The van der Waals surface area contributed by atoms with Crippen LogP contribution in [-0.2, 0) is 26.4 Å². The molecule has 1 saturated heterocycles. The van der Waals surface area contributed by atoms with Gasteiger partial charge in [-0.15, -0.1) is 0 Å². The highest BCUT2D eigenvalue weighted by atomic mass is 32.2. The normalized spacial score (nSPS) is 21.5. The van der Waals surface area contributed by atoms with Crippen molar-refractivity contribution >= 4 is 19.9 Å². The third kappa shape index (κ3) is 4.26. The Hall–Kier alpha value is -0.960. The zero-order chi connectivity index (χ0) is 15.5.